The molecule has 0 unspecified atom stereocenters. The number of nitrogens with one attached hydrogen (secondary N) is 1. The molecule has 0 aromatic rings. The normalized spacial score (nSPS) is 28.5. The molecule has 2 aliphatic heterocycles. The van der Waals surface area contributed by atoms with Gasteiger partial charge in [0.05, 0.1) is 0 Å². The minimum atomic E-state index is 0.296. The summed E-state index contributed by atoms with van der Waals surface area (Å²) in [4.78, 5) is 14.9. The summed E-state index contributed by atoms with van der Waals surface area (Å²) in [6.45, 7) is 4.05. The Morgan fingerprint density at radius 2 is 1.89 bits per heavy atom. The van der Waals surface area contributed by atoms with E-state index in [-0.39, 0.29) is 0 Å². The number of hydrogen-bond acceptors (Lipinski definition) is 3. The summed E-state index contributed by atoms with van der Waals surface area (Å²) in [5.74, 6) is 1.90. The van der Waals surface area contributed by atoms with Gasteiger partial charge in [0.1, 0.15) is 0 Å². The molecule has 3 rings (SSSR count). The second-order valence-corrected chi connectivity index (χ2v) is 7.94. The number of rotatable bonds is 1. The predicted molar refractivity (Wildman–Crippen MR) is 80.4 cm³/mol. The van der Waals surface area contributed by atoms with Gasteiger partial charge in [-0.1, -0.05) is 19.3 Å². The second-order valence-electron chi connectivity index (χ2n) is 6.38. The summed E-state index contributed by atoms with van der Waals surface area (Å²) in [6, 6.07) is 0. The first kappa shape index (κ1) is 13.7. The highest BCUT2D eigenvalue weighted by Crippen LogP contribution is 2.43. The van der Waals surface area contributed by atoms with E-state index in [9.17, 15) is 4.79 Å². The molecule has 2 saturated heterocycles. The molecule has 0 atom stereocenters. The van der Waals surface area contributed by atoms with Gasteiger partial charge in [0.15, 0.2) is 0 Å². The summed E-state index contributed by atoms with van der Waals surface area (Å²) in [7, 11) is 0. The maximum atomic E-state index is 12.7. The fourth-order valence-electron chi connectivity index (χ4n) is 3.86. The van der Waals surface area contributed by atoms with Crippen molar-refractivity contribution in [2.24, 2.45) is 5.92 Å². The van der Waals surface area contributed by atoms with E-state index in [0.717, 1.165) is 44.8 Å². The first-order chi connectivity index (χ1) is 9.29. The second kappa shape index (κ2) is 6.04. The van der Waals surface area contributed by atoms with E-state index in [1.807, 2.05) is 0 Å². The lowest BCUT2D eigenvalue weighted by Crippen LogP contribution is -2.52. The lowest BCUT2D eigenvalue weighted by atomic mass is 9.87. The highest BCUT2D eigenvalue weighted by molar-refractivity contribution is 8.00. The SMILES string of the molecule is O=C(C1CCNCC1)N1CCSC2(CCCCC2)C1. The number of nitrogens with zero attached hydrogens (tertiary/aromatic N) is 1. The number of carbonyl (C=O) groups excluding carboxylic acids is 1. The topological polar surface area (TPSA) is 32.3 Å². The van der Waals surface area contributed by atoms with Crippen LogP contribution < -0.4 is 5.32 Å². The van der Waals surface area contributed by atoms with Crippen LogP contribution in [0.1, 0.15) is 44.9 Å². The summed E-state index contributed by atoms with van der Waals surface area (Å²) in [6.07, 6.45) is 8.85. The van der Waals surface area contributed by atoms with E-state index < -0.39 is 0 Å². The molecule has 0 aromatic heterocycles. The van der Waals surface area contributed by atoms with Crippen molar-refractivity contribution in [2.45, 2.75) is 49.7 Å². The van der Waals surface area contributed by atoms with Crippen LogP contribution in [0.2, 0.25) is 0 Å². The average molecular weight is 282 g/mol. The lowest BCUT2D eigenvalue weighted by Gasteiger charge is -2.45. The highest BCUT2D eigenvalue weighted by atomic mass is 32.2. The molecule has 19 heavy (non-hydrogen) atoms. The van der Waals surface area contributed by atoms with Crippen LogP contribution in [0.25, 0.3) is 0 Å². The van der Waals surface area contributed by atoms with Crippen LogP contribution >= 0.6 is 11.8 Å². The Hall–Kier alpha value is -0.220. The molecule has 1 aliphatic carbocycles. The molecule has 0 aromatic carbocycles. The van der Waals surface area contributed by atoms with Gasteiger partial charge in [-0.2, -0.15) is 11.8 Å². The Morgan fingerprint density at radius 3 is 2.63 bits per heavy atom. The van der Waals surface area contributed by atoms with Crippen molar-refractivity contribution in [3.63, 3.8) is 0 Å². The lowest BCUT2D eigenvalue weighted by molar-refractivity contribution is -0.136. The van der Waals surface area contributed by atoms with Gasteiger partial charge in [-0.3, -0.25) is 4.79 Å². The Morgan fingerprint density at radius 1 is 1.16 bits per heavy atom. The third-order valence-electron chi connectivity index (χ3n) is 5.01. The third kappa shape index (κ3) is 3.10. The molecule has 1 amide bonds. The number of amides is 1. The van der Waals surface area contributed by atoms with Gasteiger partial charge >= 0.3 is 0 Å². The molecule has 0 radical (unpaired) electrons. The Labute approximate surface area is 120 Å². The largest absolute Gasteiger partial charge is 0.340 e. The monoisotopic (exact) mass is 282 g/mol. The zero-order valence-electron chi connectivity index (χ0n) is 11.8. The van der Waals surface area contributed by atoms with E-state index in [2.05, 4.69) is 22.0 Å². The van der Waals surface area contributed by atoms with Gasteiger partial charge in [0, 0.05) is 29.5 Å². The minimum Gasteiger partial charge on any atom is -0.340 e. The zero-order valence-corrected chi connectivity index (χ0v) is 12.6. The number of piperidine rings is 1. The fourth-order valence-corrected chi connectivity index (χ4v) is 5.43. The van der Waals surface area contributed by atoms with Crippen molar-refractivity contribution in [3.8, 4) is 0 Å². The van der Waals surface area contributed by atoms with Crippen LogP contribution in [0.15, 0.2) is 0 Å². The maximum Gasteiger partial charge on any atom is 0.225 e. The summed E-state index contributed by atoms with van der Waals surface area (Å²) in [5, 5.41) is 3.35. The molecule has 1 saturated carbocycles. The molecule has 108 valence electrons. The van der Waals surface area contributed by atoms with Crippen molar-refractivity contribution in [3.05, 3.63) is 0 Å². The van der Waals surface area contributed by atoms with E-state index in [0.29, 0.717) is 16.6 Å². The minimum absolute atomic E-state index is 0.296. The van der Waals surface area contributed by atoms with Crippen LogP contribution in [0, 0.1) is 5.92 Å². The molecule has 0 bridgehead atoms. The Kier molecular flexibility index (Phi) is 4.37. The highest BCUT2D eigenvalue weighted by Gasteiger charge is 2.39. The first-order valence-corrected chi connectivity index (χ1v) is 8.91. The van der Waals surface area contributed by atoms with E-state index in [1.165, 1.54) is 32.1 Å². The van der Waals surface area contributed by atoms with Crippen molar-refractivity contribution in [1.29, 1.82) is 0 Å². The number of carbonyl (C=O) groups is 1. The molecule has 1 N–H and O–H groups in total. The molecule has 1 spiro atoms. The molecule has 4 heteroatoms. The average Bonchev–Trinajstić information content (AvgIpc) is 2.48. The first-order valence-electron chi connectivity index (χ1n) is 7.93. The molecule has 2 heterocycles. The van der Waals surface area contributed by atoms with Crippen LogP contribution in [0.3, 0.4) is 0 Å². The standard InChI is InChI=1S/C15H26N2OS/c18-14(13-4-8-16-9-5-13)17-10-11-19-15(12-17)6-2-1-3-7-15/h13,16H,1-12H2. The van der Waals surface area contributed by atoms with Crippen LogP contribution in [0.5, 0.6) is 0 Å². The zero-order chi connectivity index (χ0) is 13.1. The number of thioether (sulfide) groups is 1. The van der Waals surface area contributed by atoms with Gasteiger partial charge < -0.3 is 10.2 Å². The van der Waals surface area contributed by atoms with Crippen LogP contribution in [-0.2, 0) is 4.79 Å². The Bertz CT molecular complexity index is 317. The summed E-state index contributed by atoms with van der Waals surface area (Å²) in [5.41, 5.74) is 0. The van der Waals surface area contributed by atoms with Gasteiger partial charge in [0.25, 0.3) is 0 Å². The quantitative estimate of drug-likeness (QED) is 0.801. The molecular formula is C15H26N2OS. The van der Waals surface area contributed by atoms with Gasteiger partial charge in [0.2, 0.25) is 5.91 Å². The van der Waals surface area contributed by atoms with E-state index in [4.69, 9.17) is 0 Å². The van der Waals surface area contributed by atoms with Gasteiger partial charge in [-0.05, 0) is 38.8 Å². The Balaban J connectivity index is 1.62. The summed E-state index contributed by atoms with van der Waals surface area (Å²) >= 11 is 2.15. The van der Waals surface area contributed by atoms with Crippen LogP contribution in [-0.4, -0.2) is 47.5 Å². The third-order valence-corrected chi connectivity index (χ3v) is 6.55. The number of hydrogen-bond donors (Lipinski definition) is 1. The smallest absolute Gasteiger partial charge is 0.225 e. The van der Waals surface area contributed by atoms with Crippen molar-refractivity contribution in [2.75, 3.05) is 31.9 Å². The maximum absolute atomic E-state index is 12.7. The van der Waals surface area contributed by atoms with Gasteiger partial charge in [-0.25, -0.2) is 0 Å². The molecule has 3 fully saturated rings. The van der Waals surface area contributed by atoms with Crippen LogP contribution in [0.4, 0.5) is 0 Å². The van der Waals surface area contributed by atoms with E-state index in [1.54, 1.807) is 0 Å². The van der Waals surface area contributed by atoms with Gasteiger partial charge in [-0.15, -0.1) is 0 Å². The molecule has 3 nitrogen and oxygen atoms in total. The van der Waals surface area contributed by atoms with Crippen molar-refractivity contribution in [1.82, 2.24) is 10.2 Å². The fraction of sp³-hybridized carbons (Fsp3) is 0.933. The molecular weight excluding hydrogens is 256 g/mol. The summed E-state index contributed by atoms with van der Waals surface area (Å²) < 4.78 is 0.416. The van der Waals surface area contributed by atoms with Crippen molar-refractivity contribution < 1.29 is 4.79 Å². The van der Waals surface area contributed by atoms with E-state index >= 15 is 0 Å². The van der Waals surface area contributed by atoms with Crippen molar-refractivity contribution >= 4 is 17.7 Å². The predicted octanol–water partition coefficient (Wildman–Crippen LogP) is 2.26. The molecule has 3 aliphatic rings.